The summed E-state index contributed by atoms with van der Waals surface area (Å²) in [6, 6.07) is 6.68. The van der Waals surface area contributed by atoms with Gasteiger partial charge in [0.25, 0.3) is 0 Å². The minimum Gasteiger partial charge on any atom is -0.465 e. The Morgan fingerprint density at radius 3 is 2.63 bits per heavy atom. The lowest BCUT2D eigenvalue weighted by Crippen LogP contribution is -2.24. The molecule has 0 bridgehead atoms. The number of rotatable bonds is 6. The van der Waals surface area contributed by atoms with Crippen LogP contribution in [0.25, 0.3) is 0 Å². The third-order valence-electron chi connectivity index (χ3n) is 2.62. The van der Waals surface area contributed by atoms with Gasteiger partial charge in [-0.2, -0.15) is 0 Å². The van der Waals surface area contributed by atoms with Crippen molar-refractivity contribution in [2.45, 2.75) is 33.7 Å². The van der Waals surface area contributed by atoms with Gasteiger partial charge in [0.05, 0.1) is 12.0 Å². The second kappa shape index (κ2) is 7.24. The fraction of sp³-hybridized carbons (Fsp3) is 0.533. The lowest BCUT2D eigenvalue weighted by atomic mass is 9.97. The molecule has 1 N–H and O–H groups in total. The van der Waals surface area contributed by atoms with Gasteiger partial charge in [-0.1, -0.05) is 18.2 Å². The first-order valence-corrected chi connectivity index (χ1v) is 6.52. The van der Waals surface area contributed by atoms with E-state index in [0.29, 0.717) is 25.3 Å². The number of hydrogen-bond donors (Lipinski definition) is 1. The molecule has 0 heterocycles. The molecule has 19 heavy (non-hydrogen) atoms. The summed E-state index contributed by atoms with van der Waals surface area (Å²) < 4.78 is 18.4. The lowest BCUT2D eigenvalue weighted by Gasteiger charge is -2.16. The van der Waals surface area contributed by atoms with Crippen molar-refractivity contribution in [3.63, 3.8) is 0 Å². The summed E-state index contributed by atoms with van der Waals surface area (Å²) in [6.07, 6.45) is 0.719. The first kappa shape index (κ1) is 15.6. The second-order valence-corrected chi connectivity index (χ2v) is 5.51. The minimum absolute atomic E-state index is 0.193. The van der Waals surface area contributed by atoms with Gasteiger partial charge in [-0.15, -0.1) is 0 Å². The van der Waals surface area contributed by atoms with Crippen molar-refractivity contribution in [3.8, 4) is 0 Å². The number of benzene rings is 1. The molecule has 0 saturated heterocycles. The maximum absolute atomic E-state index is 13.3. The van der Waals surface area contributed by atoms with E-state index < -0.39 is 5.41 Å². The molecule has 0 unspecified atom stereocenters. The number of nitrogens with one attached hydrogen (secondary N) is 1. The Balaban J connectivity index is 2.13. The van der Waals surface area contributed by atoms with Crippen molar-refractivity contribution in [1.29, 1.82) is 0 Å². The Kier molecular flexibility index (Phi) is 5.96. The van der Waals surface area contributed by atoms with Gasteiger partial charge in [-0.05, 0) is 39.8 Å². The van der Waals surface area contributed by atoms with E-state index in [4.69, 9.17) is 4.74 Å². The van der Waals surface area contributed by atoms with Crippen molar-refractivity contribution in [2.75, 3.05) is 13.2 Å². The van der Waals surface area contributed by atoms with Gasteiger partial charge in [0.1, 0.15) is 5.82 Å². The van der Waals surface area contributed by atoms with Gasteiger partial charge in [-0.25, -0.2) is 4.39 Å². The quantitative estimate of drug-likeness (QED) is 0.636. The van der Waals surface area contributed by atoms with Crippen LogP contribution < -0.4 is 5.32 Å². The standard InChI is InChI=1S/C15H22FNO2/c1-15(2,3)14(18)19-10-6-9-17-11-12-7-4-5-8-13(12)16/h4-5,7-8,17H,6,9-11H2,1-3H3. The van der Waals surface area contributed by atoms with E-state index in [1.165, 1.54) is 6.07 Å². The monoisotopic (exact) mass is 267 g/mol. The predicted octanol–water partition coefficient (Wildman–Crippen LogP) is 2.89. The highest BCUT2D eigenvalue weighted by Gasteiger charge is 2.22. The topological polar surface area (TPSA) is 38.3 Å². The Bertz CT molecular complexity index is 413. The van der Waals surface area contributed by atoms with Crippen molar-refractivity contribution in [3.05, 3.63) is 35.6 Å². The maximum Gasteiger partial charge on any atom is 0.311 e. The molecule has 106 valence electrons. The zero-order valence-electron chi connectivity index (χ0n) is 11.8. The predicted molar refractivity (Wildman–Crippen MR) is 73.1 cm³/mol. The third kappa shape index (κ3) is 5.83. The summed E-state index contributed by atoms with van der Waals surface area (Å²) >= 11 is 0. The van der Waals surface area contributed by atoms with Crippen LogP contribution in [-0.2, 0) is 16.1 Å². The molecule has 0 radical (unpaired) electrons. The highest BCUT2D eigenvalue weighted by Crippen LogP contribution is 2.14. The summed E-state index contributed by atoms with van der Waals surface area (Å²) in [5, 5.41) is 3.12. The fourth-order valence-corrected chi connectivity index (χ4v) is 1.44. The van der Waals surface area contributed by atoms with Crippen LogP contribution in [0.5, 0.6) is 0 Å². The van der Waals surface area contributed by atoms with Crippen molar-refractivity contribution < 1.29 is 13.9 Å². The Morgan fingerprint density at radius 1 is 1.32 bits per heavy atom. The zero-order valence-corrected chi connectivity index (χ0v) is 11.8. The molecule has 0 aromatic heterocycles. The molecule has 0 fully saturated rings. The van der Waals surface area contributed by atoms with Crippen molar-refractivity contribution in [2.24, 2.45) is 5.41 Å². The van der Waals surface area contributed by atoms with Crippen LogP contribution in [0.4, 0.5) is 4.39 Å². The Morgan fingerprint density at radius 2 is 2.00 bits per heavy atom. The first-order chi connectivity index (χ1) is 8.91. The molecule has 0 aliphatic rings. The van der Waals surface area contributed by atoms with E-state index in [1.54, 1.807) is 12.1 Å². The summed E-state index contributed by atoms with van der Waals surface area (Å²) in [4.78, 5) is 11.5. The number of halogens is 1. The molecule has 1 aromatic carbocycles. The van der Waals surface area contributed by atoms with E-state index in [2.05, 4.69) is 5.32 Å². The second-order valence-electron chi connectivity index (χ2n) is 5.51. The van der Waals surface area contributed by atoms with Crippen LogP contribution in [0.1, 0.15) is 32.8 Å². The van der Waals surface area contributed by atoms with Gasteiger partial charge in [-0.3, -0.25) is 4.79 Å². The molecule has 0 aliphatic carbocycles. The summed E-state index contributed by atoms with van der Waals surface area (Å²) in [6.45, 7) is 7.04. The molecular weight excluding hydrogens is 245 g/mol. The third-order valence-corrected chi connectivity index (χ3v) is 2.62. The van der Waals surface area contributed by atoms with Crippen LogP contribution >= 0.6 is 0 Å². The van der Waals surface area contributed by atoms with E-state index in [0.717, 1.165) is 6.42 Å². The van der Waals surface area contributed by atoms with E-state index >= 15 is 0 Å². The smallest absolute Gasteiger partial charge is 0.311 e. The molecule has 0 saturated carbocycles. The molecule has 1 aromatic rings. The lowest BCUT2D eigenvalue weighted by molar-refractivity contribution is -0.152. The number of carbonyl (C=O) groups is 1. The van der Waals surface area contributed by atoms with Crippen molar-refractivity contribution in [1.82, 2.24) is 5.32 Å². The molecule has 0 amide bonds. The van der Waals surface area contributed by atoms with Gasteiger partial charge in [0.2, 0.25) is 0 Å². The highest BCUT2D eigenvalue weighted by atomic mass is 19.1. The van der Waals surface area contributed by atoms with E-state index in [9.17, 15) is 9.18 Å². The normalized spacial score (nSPS) is 11.4. The van der Waals surface area contributed by atoms with Gasteiger partial charge in [0.15, 0.2) is 0 Å². The fourth-order valence-electron chi connectivity index (χ4n) is 1.44. The zero-order chi connectivity index (χ0) is 14.3. The van der Waals surface area contributed by atoms with Crippen molar-refractivity contribution >= 4 is 5.97 Å². The Labute approximate surface area is 114 Å². The molecule has 1 rings (SSSR count). The maximum atomic E-state index is 13.3. The molecule has 0 spiro atoms. The van der Waals surface area contributed by atoms with E-state index in [1.807, 2.05) is 26.8 Å². The molecular formula is C15H22FNO2. The van der Waals surface area contributed by atoms with Crippen LogP contribution in [0.3, 0.4) is 0 Å². The SMILES string of the molecule is CC(C)(C)C(=O)OCCCNCc1ccccc1F. The number of hydrogen-bond acceptors (Lipinski definition) is 3. The van der Waals surface area contributed by atoms with Gasteiger partial charge in [0, 0.05) is 12.1 Å². The summed E-state index contributed by atoms with van der Waals surface area (Å²) in [5.41, 5.74) is 0.190. The largest absolute Gasteiger partial charge is 0.465 e. The molecule has 0 atom stereocenters. The van der Waals surface area contributed by atoms with Gasteiger partial charge < -0.3 is 10.1 Å². The van der Waals surface area contributed by atoms with E-state index in [-0.39, 0.29) is 11.8 Å². The summed E-state index contributed by atoms with van der Waals surface area (Å²) in [7, 11) is 0. The van der Waals surface area contributed by atoms with Crippen LogP contribution in [0.2, 0.25) is 0 Å². The van der Waals surface area contributed by atoms with Crippen LogP contribution in [0, 0.1) is 11.2 Å². The minimum atomic E-state index is -0.458. The van der Waals surface area contributed by atoms with Crippen LogP contribution in [0.15, 0.2) is 24.3 Å². The average Bonchev–Trinajstić information content (AvgIpc) is 2.34. The molecule has 0 aliphatic heterocycles. The average molecular weight is 267 g/mol. The highest BCUT2D eigenvalue weighted by molar-refractivity contribution is 5.75. The number of ether oxygens (including phenoxy) is 1. The molecule has 3 nitrogen and oxygen atoms in total. The Hall–Kier alpha value is -1.42. The first-order valence-electron chi connectivity index (χ1n) is 6.52. The number of carbonyl (C=O) groups excluding carboxylic acids is 1. The number of esters is 1. The van der Waals surface area contributed by atoms with Crippen LogP contribution in [-0.4, -0.2) is 19.1 Å². The molecule has 4 heteroatoms. The van der Waals surface area contributed by atoms with Gasteiger partial charge >= 0.3 is 5.97 Å². The summed E-state index contributed by atoms with van der Waals surface area (Å²) in [5.74, 6) is -0.393.